The van der Waals surface area contributed by atoms with Gasteiger partial charge in [0.25, 0.3) is 5.91 Å². The number of carbonyl (C=O) groups excluding carboxylic acids is 1. The molecule has 1 heterocycles. The Balaban J connectivity index is 1.92. The molecule has 0 spiro atoms. The number of carbonyl (C=O) groups is 1. The number of alkyl halides is 3. The second-order valence-corrected chi connectivity index (χ2v) is 4.93. The Bertz CT molecular complexity index is 713. The fraction of sp³-hybridized carbons (Fsp3) is 0.188. The predicted octanol–water partition coefficient (Wildman–Crippen LogP) is 3.63. The van der Waals surface area contributed by atoms with E-state index < -0.39 is 11.7 Å². The second kappa shape index (κ2) is 5.36. The standard InChI is InChI=1S/C16H12F3NO2/c17-16(18,19)12-5-3-4-11(8-12)9-20-13-6-1-2-7-14(13)22-10-15(20)21/h1-8H,9-10H2. The van der Waals surface area contributed by atoms with E-state index in [9.17, 15) is 18.0 Å². The van der Waals surface area contributed by atoms with Crippen molar-refractivity contribution in [1.29, 1.82) is 0 Å². The average Bonchev–Trinajstić information content (AvgIpc) is 2.50. The summed E-state index contributed by atoms with van der Waals surface area (Å²) in [5.74, 6) is 0.269. The zero-order valence-electron chi connectivity index (χ0n) is 11.4. The number of anilines is 1. The molecule has 1 aliphatic rings. The molecule has 0 aromatic heterocycles. The van der Waals surface area contributed by atoms with E-state index in [1.165, 1.54) is 11.0 Å². The lowest BCUT2D eigenvalue weighted by Crippen LogP contribution is -2.38. The molecule has 0 unspecified atom stereocenters. The van der Waals surface area contributed by atoms with Crippen LogP contribution in [-0.4, -0.2) is 12.5 Å². The van der Waals surface area contributed by atoms with Gasteiger partial charge in [0.2, 0.25) is 0 Å². The molecule has 0 saturated carbocycles. The summed E-state index contributed by atoms with van der Waals surface area (Å²) in [4.78, 5) is 13.5. The lowest BCUT2D eigenvalue weighted by Gasteiger charge is -2.29. The van der Waals surface area contributed by atoms with Crippen LogP contribution >= 0.6 is 0 Å². The zero-order valence-corrected chi connectivity index (χ0v) is 11.4. The number of fused-ring (bicyclic) bond motifs is 1. The molecule has 0 atom stereocenters. The van der Waals surface area contributed by atoms with Crippen molar-refractivity contribution >= 4 is 11.6 Å². The first kappa shape index (κ1) is 14.4. The van der Waals surface area contributed by atoms with Crippen LogP contribution in [0.4, 0.5) is 18.9 Å². The summed E-state index contributed by atoms with van der Waals surface area (Å²) in [6, 6.07) is 11.9. The van der Waals surface area contributed by atoms with E-state index in [2.05, 4.69) is 0 Å². The van der Waals surface area contributed by atoms with Crippen molar-refractivity contribution < 1.29 is 22.7 Å². The first-order valence-corrected chi connectivity index (χ1v) is 6.63. The highest BCUT2D eigenvalue weighted by Crippen LogP contribution is 2.34. The number of rotatable bonds is 2. The maximum atomic E-state index is 12.8. The van der Waals surface area contributed by atoms with Crippen LogP contribution in [0.15, 0.2) is 48.5 Å². The first-order chi connectivity index (χ1) is 10.4. The highest BCUT2D eigenvalue weighted by Gasteiger charge is 2.31. The van der Waals surface area contributed by atoms with E-state index in [1.807, 2.05) is 0 Å². The van der Waals surface area contributed by atoms with Gasteiger partial charge in [-0.25, -0.2) is 0 Å². The molecule has 0 N–H and O–H groups in total. The third kappa shape index (κ3) is 2.77. The van der Waals surface area contributed by atoms with Crippen molar-refractivity contribution in [2.75, 3.05) is 11.5 Å². The fourth-order valence-electron chi connectivity index (χ4n) is 2.36. The number of halogens is 3. The minimum absolute atomic E-state index is 0.0725. The molecule has 22 heavy (non-hydrogen) atoms. The van der Waals surface area contributed by atoms with Crippen LogP contribution in [0.1, 0.15) is 11.1 Å². The van der Waals surface area contributed by atoms with E-state index in [4.69, 9.17) is 4.74 Å². The van der Waals surface area contributed by atoms with Gasteiger partial charge >= 0.3 is 6.18 Å². The summed E-state index contributed by atoms with van der Waals surface area (Å²) in [5.41, 5.74) is 0.259. The molecule has 3 nitrogen and oxygen atoms in total. The number of amides is 1. The van der Waals surface area contributed by atoms with Gasteiger partial charge in [-0.3, -0.25) is 4.79 Å². The lowest BCUT2D eigenvalue weighted by molar-refractivity contribution is -0.137. The van der Waals surface area contributed by atoms with Gasteiger partial charge in [0.15, 0.2) is 6.61 Å². The van der Waals surface area contributed by atoms with Crippen LogP contribution in [0.3, 0.4) is 0 Å². The van der Waals surface area contributed by atoms with Crippen LogP contribution in [-0.2, 0) is 17.5 Å². The molecule has 0 bridgehead atoms. The smallest absolute Gasteiger partial charge is 0.416 e. The molecule has 2 aromatic rings. The summed E-state index contributed by atoms with van der Waals surface area (Å²) < 4.78 is 43.6. The number of benzene rings is 2. The molecule has 114 valence electrons. The number of ether oxygens (including phenoxy) is 1. The maximum Gasteiger partial charge on any atom is 0.416 e. The van der Waals surface area contributed by atoms with E-state index >= 15 is 0 Å². The second-order valence-electron chi connectivity index (χ2n) is 4.93. The Morgan fingerprint density at radius 1 is 1.09 bits per heavy atom. The molecular weight excluding hydrogens is 295 g/mol. The van der Waals surface area contributed by atoms with Crippen molar-refractivity contribution in [3.63, 3.8) is 0 Å². The molecule has 2 aromatic carbocycles. The normalized spacial score (nSPS) is 14.5. The van der Waals surface area contributed by atoms with Gasteiger partial charge in [0.1, 0.15) is 5.75 Å². The zero-order chi connectivity index (χ0) is 15.7. The van der Waals surface area contributed by atoms with Crippen molar-refractivity contribution in [1.82, 2.24) is 0 Å². The maximum absolute atomic E-state index is 12.8. The van der Waals surface area contributed by atoms with Crippen LogP contribution in [0.2, 0.25) is 0 Å². The summed E-state index contributed by atoms with van der Waals surface area (Å²) in [6.07, 6.45) is -4.40. The Labute approximate surface area is 124 Å². The Hall–Kier alpha value is -2.50. The summed E-state index contributed by atoms with van der Waals surface area (Å²) in [5, 5.41) is 0. The molecule has 3 rings (SSSR count). The average molecular weight is 307 g/mol. The van der Waals surface area contributed by atoms with Crippen LogP contribution in [0.25, 0.3) is 0 Å². The van der Waals surface area contributed by atoms with Gasteiger partial charge in [0, 0.05) is 0 Å². The fourth-order valence-corrected chi connectivity index (χ4v) is 2.36. The van der Waals surface area contributed by atoms with E-state index in [1.54, 1.807) is 30.3 Å². The van der Waals surface area contributed by atoms with Crippen LogP contribution in [0.5, 0.6) is 5.75 Å². The van der Waals surface area contributed by atoms with Gasteiger partial charge in [-0.2, -0.15) is 13.2 Å². The van der Waals surface area contributed by atoms with E-state index in [-0.39, 0.29) is 19.1 Å². The minimum atomic E-state index is -4.40. The van der Waals surface area contributed by atoms with Crippen molar-refractivity contribution in [2.24, 2.45) is 0 Å². The monoisotopic (exact) mass is 307 g/mol. The quantitative estimate of drug-likeness (QED) is 0.848. The first-order valence-electron chi connectivity index (χ1n) is 6.63. The molecular formula is C16H12F3NO2. The summed E-state index contributed by atoms with van der Waals surface area (Å²) in [7, 11) is 0. The van der Waals surface area contributed by atoms with E-state index in [0.29, 0.717) is 17.0 Å². The Kier molecular flexibility index (Phi) is 3.52. The number of hydrogen-bond donors (Lipinski definition) is 0. The minimum Gasteiger partial charge on any atom is -0.482 e. The molecule has 1 amide bonds. The van der Waals surface area contributed by atoms with Crippen LogP contribution < -0.4 is 9.64 Å². The molecule has 6 heteroatoms. The third-order valence-corrected chi connectivity index (χ3v) is 3.40. The number of para-hydroxylation sites is 2. The number of nitrogens with zero attached hydrogens (tertiary/aromatic N) is 1. The summed E-state index contributed by atoms with van der Waals surface area (Å²) in [6.45, 7) is -0.0426. The lowest BCUT2D eigenvalue weighted by atomic mass is 10.1. The highest BCUT2D eigenvalue weighted by molar-refractivity contribution is 5.97. The molecule has 1 aliphatic heterocycles. The largest absolute Gasteiger partial charge is 0.482 e. The predicted molar refractivity (Wildman–Crippen MR) is 74.6 cm³/mol. The van der Waals surface area contributed by atoms with Gasteiger partial charge in [-0.1, -0.05) is 24.3 Å². The molecule has 0 aliphatic carbocycles. The topological polar surface area (TPSA) is 29.5 Å². The van der Waals surface area contributed by atoms with Crippen LogP contribution in [0, 0.1) is 0 Å². The van der Waals surface area contributed by atoms with Gasteiger partial charge in [-0.05, 0) is 29.8 Å². The molecule has 0 fully saturated rings. The molecule has 0 radical (unpaired) electrons. The van der Waals surface area contributed by atoms with E-state index in [0.717, 1.165) is 12.1 Å². The Morgan fingerprint density at radius 2 is 1.86 bits per heavy atom. The van der Waals surface area contributed by atoms with Gasteiger partial charge < -0.3 is 9.64 Å². The molecule has 0 saturated heterocycles. The van der Waals surface area contributed by atoms with Gasteiger partial charge in [-0.15, -0.1) is 0 Å². The highest BCUT2D eigenvalue weighted by atomic mass is 19.4. The van der Waals surface area contributed by atoms with Crippen molar-refractivity contribution in [2.45, 2.75) is 12.7 Å². The SMILES string of the molecule is O=C1COc2ccccc2N1Cc1cccc(C(F)(F)F)c1. The third-order valence-electron chi connectivity index (χ3n) is 3.40. The Morgan fingerprint density at radius 3 is 2.64 bits per heavy atom. The van der Waals surface area contributed by atoms with Crippen molar-refractivity contribution in [3.05, 3.63) is 59.7 Å². The summed E-state index contributed by atoms with van der Waals surface area (Å²) >= 11 is 0. The van der Waals surface area contributed by atoms with Crippen molar-refractivity contribution in [3.8, 4) is 5.75 Å². The number of hydrogen-bond acceptors (Lipinski definition) is 2. The van der Waals surface area contributed by atoms with Gasteiger partial charge in [0.05, 0.1) is 17.8 Å².